The number of nitriles is 1. The summed E-state index contributed by atoms with van der Waals surface area (Å²) in [4.78, 5) is 11.8. The fraction of sp³-hybridized carbons (Fsp3) is 0.818. The Morgan fingerprint density at radius 1 is 1.47 bits per heavy atom. The summed E-state index contributed by atoms with van der Waals surface area (Å²) in [6.45, 7) is 7.10. The van der Waals surface area contributed by atoms with Crippen LogP contribution in [0.1, 0.15) is 40.5 Å². The summed E-state index contributed by atoms with van der Waals surface area (Å²) in [6.07, 6.45) is 0.953. The zero-order chi connectivity index (χ0) is 12.1. The molecule has 0 aromatic heterocycles. The van der Waals surface area contributed by atoms with Gasteiger partial charge in [0.1, 0.15) is 5.41 Å². The number of hydrogen-bond acceptors (Lipinski definition) is 3. The second kappa shape index (κ2) is 5.13. The van der Waals surface area contributed by atoms with Gasteiger partial charge in [-0.15, -0.1) is 0 Å². The normalized spacial score (nSPS) is 15.2. The molecule has 0 heterocycles. The maximum Gasteiger partial charge on any atom is 0.240 e. The highest BCUT2D eigenvalue weighted by atomic mass is 16.3. The van der Waals surface area contributed by atoms with Crippen molar-refractivity contribution in [2.45, 2.75) is 46.1 Å². The van der Waals surface area contributed by atoms with Gasteiger partial charge in [-0.25, -0.2) is 0 Å². The summed E-state index contributed by atoms with van der Waals surface area (Å²) in [7, 11) is 0. The first kappa shape index (κ1) is 13.9. The maximum absolute atomic E-state index is 11.8. The van der Waals surface area contributed by atoms with E-state index in [0.717, 1.165) is 0 Å². The molecule has 86 valence electrons. The van der Waals surface area contributed by atoms with Crippen molar-refractivity contribution in [3.8, 4) is 6.07 Å². The SMILES string of the molecule is CCC(C)(C#N)C(=O)NC(C)(C)CCO. The number of aliphatic hydroxyl groups is 1. The van der Waals surface area contributed by atoms with Crippen LogP contribution in [0.15, 0.2) is 0 Å². The van der Waals surface area contributed by atoms with Crippen molar-refractivity contribution >= 4 is 5.91 Å². The molecule has 0 rings (SSSR count). The van der Waals surface area contributed by atoms with Crippen molar-refractivity contribution in [2.75, 3.05) is 6.61 Å². The minimum absolute atomic E-state index is 0.0165. The van der Waals surface area contributed by atoms with Gasteiger partial charge in [0.2, 0.25) is 5.91 Å². The molecule has 0 saturated heterocycles. The second-order valence-corrected chi connectivity index (χ2v) is 4.61. The van der Waals surface area contributed by atoms with Crippen LogP contribution in [0.2, 0.25) is 0 Å². The Bertz CT molecular complexity index is 268. The molecule has 4 heteroatoms. The first-order valence-electron chi connectivity index (χ1n) is 5.16. The molecule has 2 N–H and O–H groups in total. The number of nitrogens with zero attached hydrogens (tertiary/aromatic N) is 1. The van der Waals surface area contributed by atoms with Crippen LogP contribution in [-0.2, 0) is 4.79 Å². The van der Waals surface area contributed by atoms with Gasteiger partial charge in [-0.3, -0.25) is 4.79 Å². The van der Waals surface area contributed by atoms with E-state index in [9.17, 15) is 4.79 Å². The predicted molar refractivity (Wildman–Crippen MR) is 57.9 cm³/mol. The van der Waals surface area contributed by atoms with E-state index < -0.39 is 11.0 Å². The van der Waals surface area contributed by atoms with E-state index in [-0.39, 0.29) is 12.5 Å². The van der Waals surface area contributed by atoms with E-state index in [1.54, 1.807) is 6.92 Å². The lowest BCUT2D eigenvalue weighted by molar-refractivity contribution is -0.129. The topological polar surface area (TPSA) is 73.1 Å². The molecule has 0 aromatic rings. The lowest BCUT2D eigenvalue weighted by atomic mass is 9.87. The molecule has 0 fully saturated rings. The van der Waals surface area contributed by atoms with Gasteiger partial charge in [0.15, 0.2) is 0 Å². The third-order valence-corrected chi connectivity index (χ3v) is 2.64. The molecule has 0 radical (unpaired) electrons. The molecule has 0 aliphatic carbocycles. The molecule has 1 unspecified atom stereocenters. The summed E-state index contributed by atoms with van der Waals surface area (Å²) in [5, 5.41) is 20.5. The summed E-state index contributed by atoms with van der Waals surface area (Å²) in [6, 6.07) is 2.02. The predicted octanol–water partition coefficient (Wildman–Crippen LogP) is 1.20. The van der Waals surface area contributed by atoms with Gasteiger partial charge in [-0.05, 0) is 33.6 Å². The minimum Gasteiger partial charge on any atom is -0.396 e. The number of nitrogens with one attached hydrogen (secondary N) is 1. The van der Waals surface area contributed by atoms with Gasteiger partial charge < -0.3 is 10.4 Å². The molecule has 1 amide bonds. The van der Waals surface area contributed by atoms with Crippen molar-refractivity contribution in [3.05, 3.63) is 0 Å². The van der Waals surface area contributed by atoms with Crippen molar-refractivity contribution in [1.29, 1.82) is 5.26 Å². The summed E-state index contributed by atoms with van der Waals surface area (Å²) >= 11 is 0. The molecule has 0 bridgehead atoms. The molecule has 0 spiro atoms. The monoisotopic (exact) mass is 212 g/mol. The fourth-order valence-electron chi connectivity index (χ4n) is 1.08. The molecule has 0 aliphatic heterocycles. The van der Waals surface area contributed by atoms with Gasteiger partial charge >= 0.3 is 0 Å². The van der Waals surface area contributed by atoms with Crippen molar-refractivity contribution in [3.63, 3.8) is 0 Å². The van der Waals surface area contributed by atoms with Gasteiger partial charge in [-0.2, -0.15) is 5.26 Å². The van der Waals surface area contributed by atoms with Gasteiger partial charge in [-0.1, -0.05) is 6.92 Å². The summed E-state index contributed by atoms with van der Waals surface area (Å²) < 4.78 is 0. The number of carbonyl (C=O) groups excluding carboxylic acids is 1. The minimum atomic E-state index is -0.979. The number of rotatable bonds is 5. The van der Waals surface area contributed by atoms with Crippen LogP contribution >= 0.6 is 0 Å². The van der Waals surface area contributed by atoms with Crippen LogP contribution in [-0.4, -0.2) is 23.2 Å². The highest BCUT2D eigenvalue weighted by Gasteiger charge is 2.34. The van der Waals surface area contributed by atoms with Crippen LogP contribution in [0.3, 0.4) is 0 Å². The van der Waals surface area contributed by atoms with Crippen LogP contribution in [0.4, 0.5) is 0 Å². The largest absolute Gasteiger partial charge is 0.396 e. The Morgan fingerprint density at radius 3 is 2.33 bits per heavy atom. The fourth-order valence-corrected chi connectivity index (χ4v) is 1.08. The molecule has 1 atom stereocenters. The molecular weight excluding hydrogens is 192 g/mol. The van der Waals surface area contributed by atoms with E-state index in [1.165, 1.54) is 0 Å². The average Bonchev–Trinajstić information content (AvgIpc) is 2.15. The quantitative estimate of drug-likeness (QED) is 0.719. The molecule has 0 aromatic carbocycles. The van der Waals surface area contributed by atoms with E-state index >= 15 is 0 Å². The Morgan fingerprint density at radius 2 is 2.00 bits per heavy atom. The van der Waals surface area contributed by atoms with Crippen LogP contribution in [0, 0.1) is 16.7 Å². The van der Waals surface area contributed by atoms with Crippen molar-refractivity contribution in [1.82, 2.24) is 5.32 Å². The highest BCUT2D eigenvalue weighted by Crippen LogP contribution is 2.21. The zero-order valence-corrected chi connectivity index (χ0v) is 9.92. The first-order valence-corrected chi connectivity index (χ1v) is 5.16. The Hall–Kier alpha value is -1.08. The zero-order valence-electron chi connectivity index (χ0n) is 9.92. The van der Waals surface area contributed by atoms with Crippen LogP contribution < -0.4 is 5.32 Å². The molecule has 0 aliphatic rings. The lowest BCUT2D eigenvalue weighted by Crippen LogP contribution is -2.49. The Balaban J connectivity index is 4.56. The van der Waals surface area contributed by atoms with E-state index in [4.69, 9.17) is 10.4 Å². The van der Waals surface area contributed by atoms with Crippen LogP contribution in [0.25, 0.3) is 0 Å². The Labute approximate surface area is 91.3 Å². The van der Waals surface area contributed by atoms with Gasteiger partial charge in [0, 0.05) is 12.1 Å². The van der Waals surface area contributed by atoms with E-state index in [0.29, 0.717) is 12.8 Å². The van der Waals surface area contributed by atoms with Gasteiger partial charge in [0.05, 0.1) is 6.07 Å². The van der Waals surface area contributed by atoms with E-state index in [2.05, 4.69) is 5.32 Å². The van der Waals surface area contributed by atoms with E-state index in [1.807, 2.05) is 26.8 Å². The number of aliphatic hydroxyl groups excluding tert-OH is 1. The van der Waals surface area contributed by atoms with Gasteiger partial charge in [0.25, 0.3) is 0 Å². The lowest BCUT2D eigenvalue weighted by Gasteiger charge is -2.29. The standard InChI is InChI=1S/C11H20N2O2/c1-5-11(4,8-12)9(15)13-10(2,3)6-7-14/h14H,5-7H2,1-4H3,(H,13,15). The highest BCUT2D eigenvalue weighted by molar-refractivity contribution is 5.85. The van der Waals surface area contributed by atoms with Crippen LogP contribution in [0.5, 0.6) is 0 Å². The molecular formula is C11H20N2O2. The second-order valence-electron chi connectivity index (χ2n) is 4.61. The summed E-state index contributed by atoms with van der Waals surface area (Å²) in [5.41, 5.74) is -1.45. The first-order chi connectivity index (χ1) is 6.81. The smallest absolute Gasteiger partial charge is 0.240 e. The third-order valence-electron chi connectivity index (χ3n) is 2.64. The number of hydrogen-bond donors (Lipinski definition) is 2. The number of carbonyl (C=O) groups is 1. The Kier molecular flexibility index (Phi) is 4.76. The summed E-state index contributed by atoms with van der Waals surface area (Å²) in [5.74, 6) is -0.272. The average molecular weight is 212 g/mol. The number of amides is 1. The van der Waals surface area contributed by atoms with Crippen molar-refractivity contribution in [2.24, 2.45) is 5.41 Å². The maximum atomic E-state index is 11.8. The third kappa shape index (κ3) is 3.88. The molecule has 4 nitrogen and oxygen atoms in total. The van der Waals surface area contributed by atoms with Crippen molar-refractivity contribution < 1.29 is 9.90 Å². The molecule has 0 saturated carbocycles. The molecule has 15 heavy (non-hydrogen) atoms.